The fourth-order valence-corrected chi connectivity index (χ4v) is 2.14. The molecule has 2 N–H and O–H groups in total. The topological polar surface area (TPSA) is 56.7 Å². The monoisotopic (exact) mass is 494 g/mol. The number of amides is 1. The predicted molar refractivity (Wildman–Crippen MR) is 110 cm³/mol. The number of guanidine groups is 1. The summed E-state index contributed by atoms with van der Waals surface area (Å²) in [5.74, 6) is 0.588. The van der Waals surface area contributed by atoms with Gasteiger partial charge in [-0.25, -0.2) is 4.99 Å². The van der Waals surface area contributed by atoms with Crippen LogP contribution in [-0.2, 0) is 11.3 Å². The third-order valence-electron chi connectivity index (χ3n) is 3.03. The Morgan fingerprint density at radius 1 is 1.39 bits per heavy atom. The molecule has 7 heteroatoms. The number of benzene rings is 1. The molecule has 0 atom stereocenters. The minimum Gasteiger partial charge on any atom is -0.353 e. The zero-order valence-electron chi connectivity index (χ0n) is 13.7. The number of aryl methyl sites for hydroxylation is 1. The summed E-state index contributed by atoms with van der Waals surface area (Å²) in [4.78, 5) is 17.7. The van der Waals surface area contributed by atoms with Crippen molar-refractivity contribution in [1.82, 2.24) is 15.5 Å². The van der Waals surface area contributed by atoms with Gasteiger partial charge in [0.25, 0.3) is 0 Å². The van der Waals surface area contributed by atoms with Gasteiger partial charge in [-0.3, -0.25) is 4.79 Å². The van der Waals surface area contributed by atoms with E-state index in [1.807, 2.05) is 12.1 Å². The maximum absolute atomic E-state index is 11.6. The molecule has 1 aromatic carbocycles. The summed E-state index contributed by atoms with van der Waals surface area (Å²) in [7, 11) is 3.45. The quantitative estimate of drug-likeness (QED) is 0.276. The van der Waals surface area contributed by atoms with Crippen LogP contribution in [0.25, 0.3) is 0 Å². The van der Waals surface area contributed by atoms with Gasteiger partial charge >= 0.3 is 0 Å². The summed E-state index contributed by atoms with van der Waals surface area (Å²) in [6, 6.07) is 6.10. The zero-order valence-corrected chi connectivity index (χ0v) is 17.6. The summed E-state index contributed by atoms with van der Waals surface area (Å²) in [5.41, 5.74) is 2.31. The Balaban J connectivity index is 0.00000484. The van der Waals surface area contributed by atoms with Crippen LogP contribution in [0.1, 0.15) is 11.1 Å². The number of rotatable bonds is 6. The zero-order chi connectivity index (χ0) is 16.5. The Kier molecular flexibility index (Phi) is 10.9. The number of aliphatic imine (C=N–C) groups is 1. The fourth-order valence-electron chi connectivity index (χ4n) is 1.66. The Morgan fingerprint density at radius 3 is 2.65 bits per heavy atom. The number of nitrogens with zero attached hydrogens (tertiary/aromatic N) is 2. The van der Waals surface area contributed by atoms with Gasteiger partial charge in [0, 0.05) is 25.1 Å². The molecule has 23 heavy (non-hydrogen) atoms. The molecule has 0 heterocycles. The fraction of sp³-hybridized carbons (Fsp3) is 0.375. The number of hydrogen-bond donors (Lipinski definition) is 2. The van der Waals surface area contributed by atoms with E-state index in [4.69, 9.17) is 0 Å². The third kappa shape index (κ3) is 8.36. The first-order valence-corrected chi connectivity index (χ1v) is 7.81. The Labute approximate surface area is 163 Å². The molecule has 0 aliphatic carbocycles. The number of hydrogen-bond acceptors (Lipinski definition) is 2. The van der Waals surface area contributed by atoms with Gasteiger partial charge in [0.1, 0.15) is 0 Å². The molecule has 128 valence electrons. The van der Waals surface area contributed by atoms with Crippen LogP contribution in [0.15, 0.2) is 40.3 Å². The molecule has 0 aliphatic rings. The van der Waals surface area contributed by atoms with Gasteiger partial charge in [-0.2, -0.15) is 0 Å². The van der Waals surface area contributed by atoms with Crippen molar-refractivity contribution in [3.63, 3.8) is 0 Å². The van der Waals surface area contributed by atoms with Crippen LogP contribution in [0.4, 0.5) is 0 Å². The molecular formula is C16H24BrIN4O. The molecular weight excluding hydrogens is 471 g/mol. The van der Waals surface area contributed by atoms with Gasteiger partial charge in [-0.15, -0.1) is 30.6 Å². The van der Waals surface area contributed by atoms with Crippen molar-refractivity contribution in [2.45, 2.75) is 13.5 Å². The van der Waals surface area contributed by atoms with Crippen molar-refractivity contribution >= 4 is 51.8 Å². The van der Waals surface area contributed by atoms with Crippen molar-refractivity contribution in [2.75, 3.05) is 27.2 Å². The van der Waals surface area contributed by atoms with E-state index in [0.717, 1.165) is 10.0 Å². The lowest BCUT2D eigenvalue weighted by molar-refractivity contribution is -0.127. The molecule has 0 unspecified atom stereocenters. The molecule has 1 aromatic rings. The number of likely N-dealkylation sites (N-methyl/N-ethyl adjacent to an activating group) is 1. The van der Waals surface area contributed by atoms with Crippen LogP contribution in [0.5, 0.6) is 0 Å². The first-order valence-electron chi connectivity index (χ1n) is 7.02. The predicted octanol–water partition coefficient (Wildman–Crippen LogP) is 2.68. The average Bonchev–Trinajstić information content (AvgIpc) is 2.47. The molecule has 0 saturated heterocycles. The Bertz CT molecular complexity index is 561. The maximum atomic E-state index is 11.6. The lowest BCUT2D eigenvalue weighted by Crippen LogP contribution is -2.43. The van der Waals surface area contributed by atoms with Gasteiger partial charge in [-0.05, 0) is 30.2 Å². The van der Waals surface area contributed by atoms with E-state index in [-0.39, 0.29) is 36.4 Å². The standard InChI is InChI=1S/C16H23BrN4O.HI/c1-5-8-18-16(20-11-15(22)21(3)4)19-10-13-6-7-14(17)9-12(13)2;/h5-7,9H,1,8,10-11H2,2-4H3,(H2,18,19,20);1H. The van der Waals surface area contributed by atoms with Crippen molar-refractivity contribution in [3.8, 4) is 0 Å². The molecule has 0 fully saturated rings. The number of carbonyl (C=O) groups excluding carboxylic acids is 1. The van der Waals surface area contributed by atoms with E-state index in [1.165, 1.54) is 10.5 Å². The average molecular weight is 495 g/mol. The third-order valence-corrected chi connectivity index (χ3v) is 3.53. The summed E-state index contributed by atoms with van der Waals surface area (Å²) in [6.45, 7) is 7.06. The van der Waals surface area contributed by atoms with Gasteiger partial charge in [0.05, 0.1) is 13.1 Å². The van der Waals surface area contributed by atoms with E-state index in [1.54, 1.807) is 20.2 Å². The summed E-state index contributed by atoms with van der Waals surface area (Å²) in [6.07, 6.45) is 1.75. The summed E-state index contributed by atoms with van der Waals surface area (Å²) < 4.78 is 1.05. The first kappa shape index (κ1) is 21.9. The van der Waals surface area contributed by atoms with Gasteiger partial charge < -0.3 is 15.5 Å². The van der Waals surface area contributed by atoms with Crippen LogP contribution in [0.3, 0.4) is 0 Å². The highest BCUT2D eigenvalue weighted by Crippen LogP contribution is 2.16. The second kappa shape index (κ2) is 11.4. The Morgan fingerprint density at radius 2 is 2.09 bits per heavy atom. The molecule has 1 rings (SSSR count). The van der Waals surface area contributed by atoms with Crippen LogP contribution in [-0.4, -0.2) is 44.0 Å². The van der Waals surface area contributed by atoms with E-state index in [0.29, 0.717) is 19.0 Å². The molecule has 0 aromatic heterocycles. The van der Waals surface area contributed by atoms with Gasteiger partial charge in [0.15, 0.2) is 5.96 Å². The Hall–Kier alpha value is -1.09. The van der Waals surface area contributed by atoms with Gasteiger partial charge in [-0.1, -0.05) is 28.1 Å². The smallest absolute Gasteiger partial charge is 0.241 e. The minimum atomic E-state index is -0.00655. The highest BCUT2D eigenvalue weighted by atomic mass is 127. The second-order valence-corrected chi connectivity index (χ2v) is 5.96. The molecule has 0 spiro atoms. The second-order valence-electron chi connectivity index (χ2n) is 5.05. The van der Waals surface area contributed by atoms with Crippen LogP contribution >= 0.6 is 39.9 Å². The summed E-state index contributed by atoms with van der Waals surface area (Å²) in [5, 5.41) is 6.13. The highest BCUT2D eigenvalue weighted by molar-refractivity contribution is 14.0. The van der Waals surface area contributed by atoms with Gasteiger partial charge in [0.2, 0.25) is 5.91 Å². The molecule has 5 nitrogen and oxygen atoms in total. The van der Waals surface area contributed by atoms with Crippen molar-refractivity contribution in [1.29, 1.82) is 0 Å². The maximum Gasteiger partial charge on any atom is 0.241 e. The van der Waals surface area contributed by atoms with Crippen LogP contribution in [0, 0.1) is 6.92 Å². The van der Waals surface area contributed by atoms with E-state index >= 15 is 0 Å². The molecule has 0 bridgehead atoms. The van der Waals surface area contributed by atoms with E-state index < -0.39 is 0 Å². The number of nitrogens with one attached hydrogen (secondary N) is 2. The molecule has 0 radical (unpaired) electrons. The highest BCUT2D eigenvalue weighted by Gasteiger charge is 2.05. The molecule has 0 aliphatic heterocycles. The van der Waals surface area contributed by atoms with Crippen molar-refractivity contribution in [3.05, 3.63) is 46.5 Å². The minimum absolute atomic E-state index is 0. The normalized spacial score (nSPS) is 10.5. The van der Waals surface area contributed by atoms with Crippen molar-refractivity contribution in [2.24, 2.45) is 4.99 Å². The van der Waals surface area contributed by atoms with E-state index in [2.05, 4.69) is 51.1 Å². The molecule has 0 saturated carbocycles. The lowest BCUT2D eigenvalue weighted by Gasteiger charge is -2.14. The van der Waals surface area contributed by atoms with Crippen LogP contribution in [0.2, 0.25) is 0 Å². The van der Waals surface area contributed by atoms with Crippen LogP contribution < -0.4 is 10.6 Å². The van der Waals surface area contributed by atoms with E-state index in [9.17, 15) is 4.79 Å². The van der Waals surface area contributed by atoms with Crippen molar-refractivity contribution < 1.29 is 4.79 Å². The SMILES string of the molecule is C=CCNC(=NCc1ccc(Br)cc1C)NCC(=O)N(C)C.I. The first-order chi connectivity index (χ1) is 10.4. The molecule has 1 amide bonds. The number of carbonyl (C=O) groups is 1. The number of halogens is 2. The summed E-state index contributed by atoms with van der Waals surface area (Å²) >= 11 is 3.45. The largest absolute Gasteiger partial charge is 0.353 e. The lowest BCUT2D eigenvalue weighted by atomic mass is 10.1.